The van der Waals surface area contributed by atoms with Gasteiger partial charge in [-0.25, -0.2) is 4.98 Å². The van der Waals surface area contributed by atoms with Crippen molar-refractivity contribution in [1.29, 1.82) is 0 Å². The van der Waals surface area contributed by atoms with Crippen LogP contribution in [0.25, 0.3) is 10.4 Å². The number of hydrogen-bond acceptors (Lipinski definition) is 11. The summed E-state index contributed by atoms with van der Waals surface area (Å²) in [5.74, 6) is -2.41. The second kappa shape index (κ2) is 19.1. The lowest BCUT2D eigenvalue weighted by molar-refractivity contribution is -0.138. The molecule has 0 radical (unpaired) electrons. The molecular formula is C33H50N4O8S. The predicted octanol–water partition coefficient (Wildman–Crippen LogP) is 2.25. The van der Waals surface area contributed by atoms with Gasteiger partial charge in [0.2, 0.25) is 11.8 Å². The molecule has 1 heterocycles. The van der Waals surface area contributed by atoms with Crippen molar-refractivity contribution < 1.29 is 38.4 Å². The number of amides is 2. The van der Waals surface area contributed by atoms with Crippen molar-refractivity contribution in [2.24, 2.45) is 23.0 Å². The van der Waals surface area contributed by atoms with E-state index in [4.69, 9.17) is 24.7 Å². The molecule has 13 heteroatoms. The molecule has 0 bridgehead atoms. The number of aryl methyl sites for hydroxylation is 1. The molecule has 1 aliphatic carbocycles. The van der Waals surface area contributed by atoms with E-state index in [2.05, 4.69) is 15.6 Å². The average Bonchev–Trinajstić information content (AvgIpc) is 3.63. The summed E-state index contributed by atoms with van der Waals surface area (Å²) >= 11 is 1.58. The fourth-order valence-electron chi connectivity index (χ4n) is 5.33. The summed E-state index contributed by atoms with van der Waals surface area (Å²) in [5.41, 5.74) is 9.50. The highest BCUT2D eigenvalue weighted by molar-refractivity contribution is 7.13. The van der Waals surface area contributed by atoms with Crippen molar-refractivity contribution in [1.82, 2.24) is 15.6 Å². The van der Waals surface area contributed by atoms with Gasteiger partial charge in [-0.2, -0.15) is 0 Å². The molecule has 1 aromatic heterocycles. The van der Waals surface area contributed by atoms with Crippen molar-refractivity contribution in [2.75, 3.05) is 59.4 Å². The number of carbonyl (C=O) groups excluding carboxylic acids is 3. The number of ether oxygens (including phenoxy) is 4. The molecule has 0 aliphatic heterocycles. The maximum atomic E-state index is 13.8. The molecule has 46 heavy (non-hydrogen) atoms. The Morgan fingerprint density at radius 2 is 1.54 bits per heavy atom. The molecule has 12 nitrogen and oxygen atoms in total. The minimum absolute atomic E-state index is 0.167. The summed E-state index contributed by atoms with van der Waals surface area (Å²) < 4.78 is 21.5. The van der Waals surface area contributed by atoms with Crippen LogP contribution in [-0.2, 0) is 39.9 Å². The Morgan fingerprint density at radius 3 is 2.11 bits per heavy atom. The highest BCUT2D eigenvalue weighted by Crippen LogP contribution is 2.36. The van der Waals surface area contributed by atoms with Crippen LogP contribution in [0.3, 0.4) is 0 Å². The molecule has 1 unspecified atom stereocenters. The maximum absolute atomic E-state index is 13.8. The zero-order valence-corrected chi connectivity index (χ0v) is 28.2. The van der Waals surface area contributed by atoms with Crippen LogP contribution in [0.4, 0.5) is 0 Å². The lowest BCUT2D eigenvalue weighted by Crippen LogP contribution is -2.53. The fraction of sp³-hybridized carbons (Fsp3) is 0.636. The first kappa shape index (κ1) is 37.7. The Balaban J connectivity index is 1.45. The standard InChI is InChI=1S/C33H50N4O8S/c1-22-30(46-21-36-22)24-7-5-23(6-8-24)19-35-32(41)27-18-25(38)17-26(27)29(40)31(33(2,3)4)37-28(39)20-45-16-15-44-14-13-43-12-11-42-10-9-34/h5-8,21,25-27,31,38H,9-20,34H2,1-4H3,(H,35,41)(H,37,39)/t25-,26?,27+,31+/m0/s1. The van der Waals surface area contributed by atoms with Crippen LogP contribution >= 0.6 is 11.3 Å². The Kier molecular flexibility index (Phi) is 15.7. The summed E-state index contributed by atoms with van der Waals surface area (Å²) in [6, 6.07) is 7.05. The van der Waals surface area contributed by atoms with Gasteiger partial charge in [-0.05, 0) is 36.3 Å². The first-order valence-electron chi connectivity index (χ1n) is 15.8. The molecule has 4 atom stereocenters. The van der Waals surface area contributed by atoms with Gasteiger partial charge in [-0.1, -0.05) is 45.0 Å². The van der Waals surface area contributed by atoms with Crippen LogP contribution in [0.1, 0.15) is 44.9 Å². The topological polar surface area (TPSA) is 171 Å². The van der Waals surface area contributed by atoms with Crippen LogP contribution < -0.4 is 16.4 Å². The Hall–Kier alpha value is -2.78. The number of ketones is 1. The number of aliphatic hydroxyl groups is 1. The van der Waals surface area contributed by atoms with Gasteiger partial charge in [-0.15, -0.1) is 11.3 Å². The van der Waals surface area contributed by atoms with Gasteiger partial charge in [0.25, 0.3) is 0 Å². The monoisotopic (exact) mass is 662 g/mol. The van der Waals surface area contributed by atoms with Crippen molar-refractivity contribution in [3.8, 4) is 10.4 Å². The molecule has 256 valence electrons. The molecule has 0 spiro atoms. The third kappa shape index (κ3) is 12.1. The van der Waals surface area contributed by atoms with E-state index in [9.17, 15) is 19.5 Å². The van der Waals surface area contributed by atoms with E-state index in [-0.39, 0.29) is 44.4 Å². The van der Waals surface area contributed by atoms with Crippen LogP contribution in [-0.4, -0.2) is 99.2 Å². The number of rotatable bonds is 20. The molecule has 2 amide bonds. The summed E-state index contributed by atoms with van der Waals surface area (Å²) in [6.45, 7) is 10.8. The summed E-state index contributed by atoms with van der Waals surface area (Å²) in [7, 11) is 0. The SMILES string of the molecule is Cc1ncsc1-c1ccc(CNC(=O)[C@@H]2C[C@@H](O)CC2C(=O)[C@@H](NC(=O)COCCOCCOCCOCCN)C(C)(C)C)cc1. The molecule has 1 fully saturated rings. The molecule has 1 aliphatic rings. The van der Waals surface area contributed by atoms with Gasteiger partial charge in [0.1, 0.15) is 6.61 Å². The molecule has 0 saturated heterocycles. The number of Topliss-reactive ketones (excluding diaryl/α,β-unsaturated/α-hetero) is 1. The normalized spacial score (nSPS) is 18.8. The lowest BCUT2D eigenvalue weighted by Gasteiger charge is -2.33. The predicted molar refractivity (Wildman–Crippen MR) is 175 cm³/mol. The highest BCUT2D eigenvalue weighted by atomic mass is 32.1. The third-order valence-electron chi connectivity index (χ3n) is 7.74. The first-order chi connectivity index (χ1) is 22.0. The van der Waals surface area contributed by atoms with Crippen LogP contribution in [0, 0.1) is 24.2 Å². The van der Waals surface area contributed by atoms with E-state index in [0.29, 0.717) is 46.1 Å². The highest BCUT2D eigenvalue weighted by Gasteiger charge is 2.46. The van der Waals surface area contributed by atoms with E-state index >= 15 is 0 Å². The van der Waals surface area contributed by atoms with Gasteiger partial charge in [-0.3, -0.25) is 14.4 Å². The number of carbonyl (C=O) groups is 3. The molecule has 3 rings (SSSR count). The smallest absolute Gasteiger partial charge is 0.246 e. The van der Waals surface area contributed by atoms with Gasteiger partial charge in [0.15, 0.2) is 5.78 Å². The number of benzene rings is 1. The Morgan fingerprint density at radius 1 is 0.957 bits per heavy atom. The molecule has 2 aromatic rings. The van der Waals surface area contributed by atoms with Gasteiger partial charge in [0.05, 0.1) is 80.4 Å². The van der Waals surface area contributed by atoms with E-state index in [1.807, 2.05) is 57.5 Å². The van der Waals surface area contributed by atoms with Crippen molar-refractivity contribution in [2.45, 2.75) is 59.2 Å². The quantitative estimate of drug-likeness (QED) is 0.154. The number of hydrogen-bond donors (Lipinski definition) is 4. The largest absolute Gasteiger partial charge is 0.393 e. The van der Waals surface area contributed by atoms with Gasteiger partial charge < -0.3 is 40.4 Å². The van der Waals surface area contributed by atoms with E-state index in [0.717, 1.165) is 21.7 Å². The fourth-order valence-corrected chi connectivity index (χ4v) is 6.14. The zero-order valence-electron chi connectivity index (χ0n) is 27.4. The van der Waals surface area contributed by atoms with Crippen molar-refractivity contribution >= 4 is 28.9 Å². The summed E-state index contributed by atoms with van der Waals surface area (Å²) in [4.78, 5) is 45.3. The molecule has 1 saturated carbocycles. The molecule has 5 N–H and O–H groups in total. The second-order valence-electron chi connectivity index (χ2n) is 12.5. The number of thiazole rings is 1. The van der Waals surface area contributed by atoms with Crippen molar-refractivity contribution in [3.05, 3.63) is 41.0 Å². The molecule has 1 aromatic carbocycles. The van der Waals surface area contributed by atoms with Crippen LogP contribution in [0.15, 0.2) is 29.8 Å². The van der Waals surface area contributed by atoms with Gasteiger partial charge in [0, 0.05) is 19.0 Å². The number of aliphatic hydroxyl groups excluding tert-OH is 1. The van der Waals surface area contributed by atoms with Crippen LogP contribution in [0.2, 0.25) is 0 Å². The number of aromatic nitrogens is 1. The number of nitrogens with two attached hydrogens (primary N) is 1. The average molecular weight is 663 g/mol. The van der Waals surface area contributed by atoms with Crippen molar-refractivity contribution in [3.63, 3.8) is 0 Å². The lowest BCUT2D eigenvalue weighted by atomic mass is 9.77. The third-order valence-corrected chi connectivity index (χ3v) is 8.71. The second-order valence-corrected chi connectivity index (χ2v) is 13.3. The number of nitrogens with zero attached hydrogens (tertiary/aromatic N) is 1. The zero-order chi connectivity index (χ0) is 33.5. The van der Waals surface area contributed by atoms with E-state index in [1.54, 1.807) is 11.3 Å². The number of nitrogens with one attached hydrogen (secondary N) is 2. The maximum Gasteiger partial charge on any atom is 0.246 e. The minimum atomic E-state index is -0.862. The Labute approximate surface area is 275 Å². The summed E-state index contributed by atoms with van der Waals surface area (Å²) in [5, 5.41) is 16.2. The minimum Gasteiger partial charge on any atom is -0.393 e. The first-order valence-corrected chi connectivity index (χ1v) is 16.7. The van der Waals surface area contributed by atoms with Crippen LogP contribution in [0.5, 0.6) is 0 Å². The summed E-state index contributed by atoms with van der Waals surface area (Å²) in [6.07, 6.45) is -0.422. The van der Waals surface area contributed by atoms with E-state index < -0.39 is 35.3 Å². The Bertz CT molecular complexity index is 1230. The van der Waals surface area contributed by atoms with E-state index in [1.165, 1.54) is 0 Å². The molecular weight excluding hydrogens is 612 g/mol. The van der Waals surface area contributed by atoms with Gasteiger partial charge >= 0.3 is 0 Å².